The fourth-order valence-corrected chi connectivity index (χ4v) is 4.64. The van der Waals surface area contributed by atoms with Crippen molar-refractivity contribution in [3.8, 4) is 16.9 Å². The molecule has 36 heavy (non-hydrogen) atoms. The van der Waals surface area contributed by atoms with Crippen LogP contribution in [-0.4, -0.2) is 45.1 Å². The number of nitrogens with zero attached hydrogens (tertiary/aromatic N) is 5. The second-order valence-electron chi connectivity index (χ2n) is 8.87. The van der Waals surface area contributed by atoms with Gasteiger partial charge in [0.05, 0.1) is 17.6 Å². The van der Waals surface area contributed by atoms with Crippen LogP contribution < -0.4 is 15.4 Å². The number of primary amides is 1. The van der Waals surface area contributed by atoms with Gasteiger partial charge in [0, 0.05) is 42.5 Å². The van der Waals surface area contributed by atoms with Crippen LogP contribution in [-0.2, 0) is 11.3 Å². The molecule has 0 spiro atoms. The Kier molecular flexibility index (Phi) is 6.49. The van der Waals surface area contributed by atoms with Gasteiger partial charge in [-0.25, -0.2) is 15.0 Å². The number of hydrogen-bond acceptors (Lipinski definition) is 6. The maximum absolute atomic E-state index is 12.9. The highest BCUT2D eigenvalue weighted by molar-refractivity contribution is 5.82. The molecule has 5 rings (SSSR count). The van der Waals surface area contributed by atoms with E-state index in [0.29, 0.717) is 44.0 Å². The van der Waals surface area contributed by atoms with Crippen molar-refractivity contribution in [2.45, 2.75) is 32.9 Å². The number of amides is 1. The van der Waals surface area contributed by atoms with Gasteiger partial charge in [0.15, 0.2) is 0 Å². The standard InChI is InChI=1S/C26H26F2N6O2/c1-16-32-21-7-6-18(12-22(21)34(16)15-19-4-2-3-5-23(19)36-25(27)28)20-13-30-26(31-14-20)33-10-8-17(9-11-33)24(29)35/h2-7,12-14,17,25H,8-11,15H2,1H3,(H2,29,35). The summed E-state index contributed by atoms with van der Waals surface area (Å²) in [6.07, 6.45) is 4.96. The van der Waals surface area contributed by atoms with E-state index in [-0.39, 0.29) is 17.6 Å². The minimum atomic E-state index is -2.89. The van der Waals surface area contributed by atoms with Crippen LogP contribution in [0.3, 0.4) is 0 Å². The van der Waals surface area contributed by atoms with Gasteiger partial charge in [0.1, 0.15) is 11.6 Å². The number of para-hydroxylation sites is 1. The minimum absolute atomic E-state index is 0.0885. The monoisotopic (exact) mass is 492 g/mol. The summed E-state index contributed by atoms with van der Waals surface area (Å²) in [6.45, 7) is 0.708. The number of anilines is 1. The van der Waals surface area contributed by atoms with Crippen molar-refractivity contribution in [2.24, 2.45) is 11.7 Å². The lowest BCUT2D eigenvalue weighted by molar-refractivity contribution is -0.122. The van der Waals surface area contributed by atoms with Crippen molar-refractivity contribution in [3.63, 3.8) is 0 Å². The van der Waals surface area contributed by atoms with Crippen LogP contribution in [0, 0.1) is 12.8 Å². The molecule has 1 aliphatic heterocycles. The van der Waals surface area contributed by atoms with Crippen LogP contribution in [0.15, 0.2) is 54.9 Å². The summed E-state index contributed by atoms with van der Waals surface area (Å²) < 4.78 is 32.4. The number of aromatic nitrogens is 4. The van der Waals surface area contributed by atoms with E-state index >= 15 is 0 Å². The van der Waals surface area contributed by atoms with Crippen LogP contribution in [0.4, 0.5) is 14.7 Å². The van der Waals surface area contributed by atoms with E-state index < -0.39 is 6.61 Å². The number of nitrogens with two attached hydrogens (primary N) is 1. The highest BCUT2D eigenvalue weighted by Gasteiger charge is 2.24. The van der Waals surface area contributed by atoms with E-state index in [1.54, 1.807) is 30.6 Å². The Morgan fingerprint density at radius 3 is 2.53 bits per heavy atom. The first-order chi connectivity index (χ1) is 17.4. The Labute approximate surface area is 206 Å². The van der Waals surface area contributed by atoms with Gasteiger partial charge in [0.25, 0.3) is 0 Å². The van der Waals surface area contributed by atoms with Crippen LogP contribution >= 0.6 is 0 Å². The largest absolute Gasteiger partial charge is 0.434 e. The van der Waals surface area contributed by atoms with Gasteiger partial charge in [-0.2, -0.15) is 8.78 Å². The van der Waals surface area contributed by atoms with Gasteiger partial charge < -0.3 is 19.9 Å². The van der Waals surface area contributed by atoms with E-state index in [9.17, 15) is 13.6 Å². The van der Waals surface area contributed by atoms with Gasteiger partial charge in [-0.15, -0.1) is 0 Å². The average Bonchev–Trinajstić information content (AvgIpc) is 3.19. The van der Waals surface area contributed by atoms with E-state index in [1.165, 1.54) is 6.07 Å². The van der Waals surface area contributed by atoms with Crippen molar-refractivity contribution in [1.82, 2.24) is 19.5 Å². The number of imidazole rings is 1. The molecule has 1 saturated heterocycles. The van der Waals surface area contributed by atoms with E-state index in [2.05, 4.69) is 19.9 Å². The zero-order valence-corrected chi connectivity index (χ0v) is 19.8. The molecule has 0 saturated carbocycles. The third kappa shape index (κ3) is 4.84. The molecule has 0 unspecified atom stereocenters. The number of alkyl halides is 2. The van der Waals surface area contributed by atoms with Crippen molar-refractivity contribution in [3.05, 3.63) is 66.2 Å². The van der Waals surface area contributed by atoms with Crippen molar-refractivity contribution >= 4 is 22.9 Å². The lowest BCUT2D eigenvalue weighted by Gasteiger charge is -2.30. The number of aryl methyl sites for hydroxylation is 1. The van der Waals surface area contributed by atoms with E-state index in [1.807, 2.05) is 29.7 Å². The van der Waals surface area contributed by atoms with Gasteiger partial charge >= 0.3 is 6.61 Å². The predicted octanol–water partition coefficient (Wildman–Crippen LogP) is 4.15. The molecule has 8 nitrogen and oxygen atoms in total. The molecule has 0 bridgehead atoms. The second kappa shape index (κ2) is 9.88. The zero-order valence-electron chi connectivity index (χ0n) is 19.8. The Hall–Kier alpha value is -4.08. The number of fused-ring (bicyclic) bond motifs is 1. The van der Waals surface area contributed by atoms with Crippen molar-refractivity contribution in [2.75, 3.05) is 18.0 Å². The van der Waals surface area contributed by atoms with Gasteiger partial charge in [-0.05, 0) is 43.5 Å². The average molecular weight is 493 g/mol. The summed E-state index contributed by atoms with van der Waals surface area (Å²) >= 11 is 0. The molecule has 2 aromatic heterocycles. The number of ether oxygens (including phenoxy) is 1. The van der Waals surface area contributed by atoms with Crippen LogP contribution in [0.5, 0.6) is 5.75 Å². The first kappa shape index (κ1) is 23.7. The maximum atomic E-state index is 12.9. The number of halogens is 2. The first-order valence-corrected chi connectivity index (χ1v) is 11.8. The molecule has 3 heterocycles. The first-order valence-electron chi connectivity index (χ1n) is 11.8. The Balaban J connectivity index is 1.40. The number of piperidine rings is 1. The fourth-order valence-electron chi connectivity index (χ4n) is 4.64. The van der Waals surface area contributed by atoms with Crippen molar-refractivity contribution in [1.29, 1.82) is 0 Å². The molecule has 2 N–H and O–H groups in total. The summed E-state index contributed by atoms with van der Waals surface area (Å²) in [5, 5.41) is 0. The number of rotatable bonds is 7. The minimum Gasteiger partial charge on any atom is -0.434 e. The van der Waals surface area contributed by atoms with E-state index in [0.717, 1.165) is 28.0 Å². The van der Waals surface area contributed by atoms with Gasteiger partial charge in [-0.3, -0.25) is 4.79 Å². The molecule has 186 valence electrons. The summed E-state index contributed by atoms with van der Waals surface area (Å²) in [4.78, 5) is 27.2. The molecule has 0 radical (unpaired) electrons. The van der Waals surface area contributed by atoms with E-state index in [4.69, 9.17) is 10.5 Å². The Bertz CT molecular complexity index is 1380. The number of hydrogen-bond donors (Lipinski definition) is 1. The molecule has 2 aromatic carbocycles. The number of carbonyl (C=O) groups excluding carboxylic acids is 1. The lowest BCUT2D eigenvalue weighted by Crippen LogP contribution is -2.39. The molecule has 0 atom stereocenters. The van der Waals surface area contributed by atoms with Crippen LogP contribution in [0.25, 0.3) is 22.2 Å². The topological polar surface area (TPSA) is 99.2 Å². The third-order valence-corrected chi connectivity index (χ3v) is 6.61. The molecule has 4 aromatic rings. The summed E-state index contributed by atoms with van der Waals surface area (Å²) in [5.74, 6) is 1.20. The Morgan fingerprint density at radius 2 is 1.83 bits per heavy atom. The molecule has 1 amide bonds. The number of benzene rings is 2. The summed E-state index contributed by atoms with van der Waals surface area (Å²) in [6, 6.07) is 12.7. The summed E-state index contributed by atoms with van der Waals surface area (Å²) in [7, 11) is 0. The van der Waals surface area contributed by atoms with Crippen LogP contribution in [0.1, 0.15) is 24.2 Å². The zero-order chi connectivity index (χ0) is 25.2. The van der Waals surface area contributed by atoms with Crippen molar-refractivity contribution < 1.29 is 18.3 Å². The van der Waals surface area contributed by atoms with Crippen LogP contribution in [0.2, 0.25) is 0 Å². The predicted molar refractivity (Wildman–Crippen MR) is 132 cm³/mol. The third-order valence-electron chi connectivity index (χ3n) is 6.61. The molecular weight excluding hydrogens is 466 g/mol. The molecule has 1 aliphatic rings. The molecular formula is C26H26F2N6O2. The SMILES string of the molecule is Cc1nc2ccc(-c3cnc(N4CCC(C(N)=O)CC4)nc3)cc2n1Cc1ccccc1OC(F)F. The quantitative estimate of drug-likeness (QED) is 0.416. The van der Waals surface area contributed by atoms with Gasteiger partial charge in [-0.1, -0.05) is 24.3 Å². The lowest BCUT2D eigenvalue weighted by atomic mass is 9.96. The molecule has 10 heteroatoms. The fraction of sp³-hybridized carbons (Fsp3) is 0.308. The maximum Gasteiger partial charge on any atom is 0.387 e. The smallest absolute Gasteiger partial charge is 0.387 e. The normalized spacial score (nSPS) is 14.5. The van der Waals surface area contributed by atoms with Gasteiger partial charge in [0.2, 0.25) is 11.9 Å². The number of carbonyl (C=O) groups is 1. The highest BCUT2D eigenvalue weighted by Crippen LogP contribution is 2.28. The molecule has 0 aliphatic carbocycles. The highest BCUT2D eigenvalue weighted by atomic mass is 19.3. The Morgan fingerprint density at radius 1 is 1.11 bits per heavy atom. The summed E-state index contributed by atoms with van der Waals surface area (Å²) in [5.41, 5.74) is 9.50. The second-order valence-corrected chi connectivity index (χ2v) is 8.87. The molecule has 1 fully saturated rings.